The smallest absolute Gasteiger partial charge is 0.160 e. The summed E-state index contributed by atoms with van der Waals surface area (Å²) >= 11 is 0. The molecule has 0 unspecified atom stereocenters. The van der Waals surface area contributed by atoms with Crippen molar-refractivity contribution >= 4 is 0 Å². The highest BCUT2D eigenvalue weighted by atomic mass is 16.3. The van der Waals surface area contributed by atoms with Crippen LogP contribution >= 0.6 is 0 Å². The van der Waals surface area contributed by atoms with Crippen molar-refractivity contribution in [3.63, 3.8) is 0 Å². The fourth-order valence-corrected chi connectivity index (χ4v) is 1.53. The quantitative estimate of drug-likeness (QED) is 0.775. The predicted molar refractivity (Wildman–Crippen MR) is 52.8 cm³/mol. The van der Waals surface area contributed by atoms with E-state index >= 15 is 0 Å². The maximum atomic E-state index is 9.78. The highest BCUT2D eigenvalue weighted by Gasteiger charge is 2.13. The van der Waals surface area contributed by atoms with Gasteiger partial charge in [-0.2, -0.15) is 5.10 Å². The molecule has 1 rings (SSSR count). The first kappa shape index (κ1) is 10.1. The Morgan fingerprint density at radius 3 is 2.46 bits per heavy atom. The monoisotopic (exact) mass is 182 g/mol. The van der Waals surface area contributed by atoms with E-state index in [9.17, 15) is 5.11 Å². The van der Waals surface area contributed by atoms with Gasteiger partial charge in [-0.15, -0.1) is 0 Å². The number of hydrogen-bond acceptors (Lipinski definition) is 2. The summed E-state index contributed by atoms with van der Waals surface area (Å²) in [6.07, 6.45) is 1.67. The van der Waals surface area contributed by atoms with E-state index in [-0.39, 0.29) is 0 Å². The zero-order chi connectivity index (χ0) is 10.0. The molecule has 0 aromatic carbocycles. The molecule has 3 heteroatoms. The molecular formula is C10H18N2O. The van der Waals surface area contributed by atoms with Gasteiger partial charge in [0.25, 0.3) is 0 Å². The van der Waals surface area contributed by atoms with Crippen LogP contribution in [0.5, 0.6) is 5.75 Å². The van der Waals surface area contributed by atoms with Crippen molar-refractivity contribution in [2.45, 2.75) is 33.6 Å². The standard InChI is InChI=1S/C10H18N2O/c1-5-9-10(13)8(6-7(2)3)11-12(9)4/h7,13H,5-6H2,1-4H3. The van der Waals surface area contributed by atoms with E-state index in [0.29, 0.717) is 11.7 Å². The summed E-state index contributed by atoms with van der Waals surface area (Å²) in [6.45, 7) is 6.27. The zero-order valence-electron chi connectivity index (χ0n) is 8.83. The maximum Gasteiger partial charge on any atom is 0.160 e. The average molecular weight is 182 g/mol. The van der Waals surface area contributed by atoms with Crippen LogP contribution in [0.2, 0.25) is 0 Å². The topological polar surface area (TPSA) is 38.1 Å². The summed E-state index contributed by atoms with van der Waals surface area (Å²) in [4.78, 5) is 0. The van der Waals surface area contributed by atoms with Gasteiger partial charge in [-0.1, -0.05) is 20.8 Å². The molecule has 0 aliphatic rings. The largest absolute Gasteiger partial charge is 0.504 e. The van der Waals surface area contributed by atoms with Gasteiger partial charge < -0.3 is 5.11 Å². The maximum absolute atomic E-state index is 9.78. The fourth-order valence-electron chi connectivity index (χ4n) is 1.53. The van der Waals surface area contributed by atoms with Crippen LogP contribution < -0.4 is 0 Å². The Balaban J connectivity index is 2.96. The number of nitrogens with zero attached hydrogens (tertiary/aromatic N) is 2. The Bertz CT molecular complexity index is 289. The Kier molecular flexibility index (Phi) is 2.96. The minimum absolute atomic E-state index is 0.388. The molecule has 1 heterocycles. The highest BCUT2D eigenvalue weighted by molar-refractivity contribution is 5.32. The predicted octanol–water partition coefficient (Wildman–Crippen LogP) is 1.89. The van der Waals surface area contributed by atoms with Crippen LogP contribution in [0.25, 0.3) is 0 Å². The van der Waals surface area contributed by atoms with Gasteiger partial charge >= 0.3 is 0 Å². The lowest BCUT2D eigenvalue weighted by atomic mass is 10.1. The van der Waals surface area contributed by atoms with Gasteiger partial charge in [-0.3, -0.25) is 4.68 Å². The first-order valence-electron chi connectivity index (χ1n) is 4.80. The van der Waals surface area contributed by atoms with Gasteiger partial charge in [-0.25, -0.2) is 0 Å². The van der Waals surface area contributed by atoms with Gasteiger partial charge in [0.15, 0.2) is 5.75 Å². The Morgan fingerprint density at radius 2 is 2.08 bits per heavy atom. The number of aromatic hydroxyl groups is 1. The Labute approximate surface area is 79.4 Å². The van der Waals surface area contributed by atoms with E-state index in [1.54, 1.807) is 4.68 Å². The van der Waals surface area contributed by atoms with Gasteiger partial charge in [0.2, 0.25) is 0 Å². The zero-order valence-corrected chi connectivity index (χ0v) is 8.83. The third kappa shape index (κ3) is 2.02. The molecule has 0 fully saturated rings. The van der Waals surface area contributed by atoms with E-state index in [1.165, 1.54) is 0 Å². The molecule has 0 atom stereocenters. The summed E-state index contributed by atoms with van der Waals surface area (Å²) in [5.74, 6) is 0.921. The molecule has 1 aromatic rings. The van der Waals surface area contributed by atoms with Crippen molar-refractivity contribution in [2.75, 3.05) is 0 Å². The molecule has 0 aliphatic carbocycles. The van der Waals surface area contributed by atoms with Crippen molar-refractivity contribution in [1.29, 1.82) is 0 Å². The normalized spacial score (nSPS) is 11.2. The van der Waals surface area contributed by atoms with Gasteiger partial charge in [-0.05, 0) is 18.8 Å². The van der Waals surface area contributed by atoms with Crippen LogP contribution in [-0.4, -0.2) is 14.9 Å². The van der Waals surface area contributed by atoms with Gasteiger partial charge in [0, 0.05) is 7.05 Å². The van der Waals surface area contributed by atoms with Gasteiger partial charge in [0.1, 0.15) is 5.69 Å². The second-order valence-corrected chi connectivity index (χ2v) is 3.82. The Hall–Kier alpha value is -0.990. The second kappa shape index (κ2) is 3.81. The van der Waals surface area contributed by atoms with E-state index in [0.717, 1.165) is 24.2 Å². The summed E-state index contributed by atoms with van der Waals surface area (Å²) < 4.78 is 1.77. The lowest BCUT2D eigenvalue weighted by molar-refractivity contribution is 0.455. The highest BCUT2D eigenvalue weighted by Crippen LogP contribution is 2.23. The first-order valence-corrected chi connectivity index (χ1v) is 4.80. The van der Waals surface area contributed by atoms with Crippen molar-refractivity contribution in [3.05, 3.63) is 11.4 Å². The summed E-state index contributed by atoms with van der Waals surface area (Å²) in [6, 6.07) is 0. The number of rotatable bonds is 3. The first-order chi connectivity index (χ1) is 6.06. The van der Waals surface area contributed by atoms with Crippen LogP contribution in [-0.2, 0) is 19.9 Å². The Morgan fingerprint density at radius 1 is 1.46 bits per heavy atom. The van der Waals surface area contributed by atoms with Gasteiger partial charge in [0.05, 0.1) is 5.69 Å². The summed E-state index contributed by atoms with van der Waals surface area (Å²) in [5.41, 5.74) is 1.75. The van der Waals surface area contributed by atoms with E-state index in [1.807, 2.05) is 14.0 Å². The van der Waals surface area contributed by atoms with E-state index in [2.05, 4.69) is 18.9 Å². The molecule has 0 bridgehead atoms. The molecular weight excluding hydrogens is 164 g/mol. The van der Waals surface area contributed by atoms with Crippen LogP contribution in [0.1, 0.15) is 32.2 Å². The van der Waals surface area contributed by atoms with Crippen molar-refractivity contribution < 1.29 is 5.11 Å². The molecule has 3 nitrogen and oxygen atoms in total. The lowest BCUT2D eigenvalue weighted by Gasteiger charge is -2.00. The minimum atomic E-state index is 0.388. The average Bonchev–Trinajstić information content (AvgIpc) is 2.26. The summed E-state index contributed by atoms with van der Waals surface area (Å²) in [5, 5.41) is 14.1. The van der Waals surface area contributed by atoms with Crippen molar-refractivity contribution in [1.82, 2.24) is 9.78 Å². The molecule has 0 saturated carbocycles. The molecule has 0 amide bonds. The fraction of sp³-hybridized carbons (Fsp3) is 0.700. The summed E-state index contributed by atoms with van der Waals surface area (Å²) in [7, 11) is 1.88. The van der Waals surface area contributed by atoms with Crippen LogP contribution in [0, 0.1) is 5.92 Å². The van der Waals surface area contributed by atoms with Crippen LogP contribution in [0.4, 0.5) is 0 Å². The third-order valence-corrected chi connectivity index (χ3v) is 2.14. The van der Waals surface area contributed by atoms with E-state index < -0.39 is 0 Å². The second-order valence-electron chi connectivity index (χ2n) is 3.82. The number of aryl methyl sites for hydroxylation is 1. The molecule has 0 spiro atoms. The van der Waals surface area contributed by atoms with Crippen LogP contribution in [0.15, 0.2) is 0 Å². The third-order valence-electron chi connectivity index (χ3n) is 2.14. The van der Waals surface area contributed by atoms with Crippen LogP contribution in [0.3, 0.4) is 0 Å². The van der Waals surface area contributed by atoms with E-state index in [4.69, 9.17) is 0 Å². The number of hydrogen-bond donors (Lipinski definition) is 1. The molecule has 0 radical (unpaired) electrons. The molecule has 74 valence electrons. The molecule has 0 saturated heterocycles. The lowest BCUT2D eigenvalue weighted by Crippen LogP contribution is -1.98. The SMILES string of the molecule is CCc1c(O)c(CC(C)C)nn1C. The minimum Gasteiger partial charge on any atom is -0.504 e. The molecule has 13 heavy (non-hydrogen) atoms. The molecule has 0 aliphatic heterocycles. The number of aromatic nitrogens is 2. The van der Waals surface area contributed by atoms with Crippen molar-refractivity contribution in [3.8, 4) is 5.75 Å². The van der Waals surface area contributed by atoms with Crippen molar-refractivity contribution in [2.24, 2.45) is 13.0 Å². The molecule has 1 aromatic heterocycles. The molecule has 1 N–H and O–H groups in total.